The van der Waals surface area contributed by atoms with Gasteiger partial charge in [-0.3, -0.25) is 9.89 Å². The Balaban J connectivity index is 2.33. The third-order valence-corrected chi connectivity index (χ3v) is 4.13. The number of methoxy groups -OCH3 is 1. The molecule has 0 aliphatic heterocycles. The van der Waals surface area contributed by atoms with E-state index in [2.05, 4.69) is 37.0 Å². The molecule has 2 rings (SSSR count). The second-order valence-corrected chi connectivity index (χ2v) is 5.47. The molecule has 0 aliphatic carbocycles. The maximum atomic E-state index is 12.0. The molecule has 0 saturated carbocycles. The Hall–Kier alpha value is -0.850. The number of hydrogen-bond donors (Lipinski definition) is 1. The molecule has 0 atom stereocenters. The molecule has 1 aromatic carbocycles. The molecule has 2 aromatic rings. The van der Waals surface area contributed by atoms with Gasteiger partial charge in [-0.15, -0.1) is 0 Å². The Labute approximate surface area is 121 Å². The lowest BCUT2D eigenvalue weighted by Crippen LogP contribution is -2.17. The van der Waals surface area contributed by atoms with Crippen LogP contribution in [0.2, 0.25) is 0 Å². The molecule has 0 bridgehead atoms. The highest BCUT2D eigenvalue weighted by atomic mass is 79.9. The lowest BCUT2D eigenvalue weighted by molar-refractivity contribution is 0.180. The fraction of sp³-hybridized carbons (Fsp3) is 0.250. The van der Waals surface area contributed by atoms with Gasteiger partial charge in [-0.1, -0.05) is 34.1 Å². The van der Waals surface area contributed by atoms with E-state index in [1.165, 1.54) is 0 Å². The van der Waals surface area contributed by atoms with Gasteiger partial charge < -0.3 is 4.74 Å². The highest BCUT2D eigenvalue weighted by Crippen LogP contribution is 2.17. The van der Waals surface area contributed by atoms with Crippen LogP contribution < -0.4 is 5.56 Å². The molecule has 1 heterocycles. The maximum Gasteiger partial charge on any atom is 0.281 e. The predicted molar refractivity (Wildman–Crippen MR) is 76.7 cm³/mol. The van der Waals surface area contributed by atoms with E-state index in [9.17, 15) is 4.79 Å². The van der Waals surface area contributed by atoms with Crippen LogP contribution in [0.3, 0.4) is 0 Å². The minimum Gasteiger partial charge on any atom is -0.378 e. The highest BCUT2D eigenvalue weighted by Gasteiger charge is 2.12. The number of benzene rings is 1. The van der Waals surface area contributed by atoms with Gasteiger partial charge >= 0.3 is 0 Å². The monoisotopic (exact) mass is 374 g/mol. The van der Waals surface area contributed by atoms with E-state index >= 15 is 0 Å². The van der Waals surface area contributed by atoms with Crippen molar-refractivity contribution in [2.45, 2.75) is 13.2 Å². The van der Waals surface area contributed by atoms with Gasteiger partial charge in [-0.25, -0.2) is 4.68 Å². The molecule has 1 N–H and O–H groups in total. The van der Waals surface area contributed by atoms with E-state index in [-0.39, 0.29) is 5.56 Å². The normalized spacial score (nSPS) is 10.8. The molecule has 0 unspecified atom stereocenters. The Morgan fingerprint density at radius 2 is 2.06 bits per heavy atom. The van der Waals surface area contributed by atoms with Gasteiger partial charge in [0.25, 0.3) is 5.56 Å². The number of ether oxygens (including phenoxy) is 1. The third kappa shape index (κ3) is 2.76. The van der Waals surface area contributed by atoms with E-state index in [0.717, 1.165) is 15.7 Å². The molecule has 6 heteroatoms. The molecule has 0 saturated heterocycles. The minimum absolute atomic E-state index is 0.0854. The first-order valence-corrected chi connectivity index (χ1v) is 6.91. The fourth-order valence-corrected chi connectivity index (χ4v) is 2.49. The SMILES string of the molecule is COCc1[nH]n(Cc2ccccc2Br)c(=O)c1Br. The summed E-state index contributed by atoms with van der Waals surface area (Å²) < 4.78 is 8.09. The average Bonchev–Trinajstić information content (AvgIpc) is 2.61. The van der Waals surface area contributed by atoms with Crippen LogP contribution in [0.1, 0.15) is 11.3 Å². The van der Waals surface area contributed by atoms with Gasteiger partial charge in [0, 0.05) is 11.6 Å². The molecular weight excluding hydrogens is 364 g/mol. The van der Waals surface area contributed by atoms with Gasteiger partial charge in [-0.2, -0.15) is 0 Å². The summed E-state index contributed by atoms with van der Waals surface area (Å²) in [5, 5.41) is 3.04. The quantitative estimate of drug-likeness (QED) is 0.893. The second-order valence-electron chi connectivity index (χ2n) is 3.82. The number of hydrogen-bond acceptors (Lipinski definition) is 2. The van der Waals surface area contributed by atoms with Crippen LogP contribution in [-0.4, -0.2) is 16.9 Å². The molecule has 0 aliphatic rings. The van der Waals surface area contributed by atoms with Crippen LogP contribution in [0.25, 0.3) is 0 Å². The average molecular weight is 376 g/mol. The van der Waals surface area contributed by atoms with Crippen LogP contribution in [0.15, 0.2) is 38.0 Å². The largest absolute Gasteiger partial charge is 0.378 e. The first-order chi connectivity index (χ1) is 8.63. The standard InChI is InChI=1S/C12H12Br2N2O2/c1-18-7-10-11(14)12(17)16(15-10)6-8-4-2-3-5-9(8)13/h2-5,15H,6-7H2,1H3. The van der Waals surface area contributed by atoms with Gasteiger partial charge in [0.2, 0.25) is 0 Å². The van der Waals surface area contributed by atoms with E-state index in [1.807, 2.05) is 24.3 Å². The third-order valence-electron chi connectivity index (χ3n) is 2.54. The van der Waals surface area contributed by atoms with Crippen molar-refractivity contribution in [3.05, 3.63) is 54.8 Å². The molecular formula is C12H12Br2N2O2. The van der Waals surface area contributed by atoms with Crippen molar-refractivity contribution >= 4 is 31.9 Å². The zero-order chi connectivity index (χ0) is 13.1. The molecule has 4 nitrogen and oxygen atoms in total. The second kappa shape index (κ2) is 5.86. The maximum absolute atomic E-state index is 12.0. The molecule has 0 spiro atoms. The number of rotatable bonds is 4. The summed E-state index contributed by atoms with van der Waals surface area (Å²) >= 11 is 6.75. The van der Waals surface area contributed by atoms with Crippen molar-refractivity contribution in [2.24, 2.45) is 0 Å². The Morgan fingerprint density at radius 1 is 1.33 bits per heavy atom. The van der Waals surface area contributed by atoms with E-state index in [1.54, 1.807) is 11.8 Å². The number of aromatic nitrogens is 2. The topological polar surface area (TPSA) is 47.0 Å². The molecule has 96 valence electrons. The molecule has 18 heavy (non-hydrogen) atoms. The Bertz CT molecular complexity index is 604. The number of nitrogens with one attached hydrogen (secondary N) is 1. The van der Waals surface area contributed by atoms with Gasteiger partial charge in [0.15, 0.2) is 0 Å². The molecule has 0 fully saturated rings. The summed E-state index contributed by atoms with van der Waals surface area (Å²) in [6, 6.07) is 7.81. The van der Waals surface area contributed by atoms with Crippen molar-refractivity contribution in [1.82, 2.24) is 9.78 Å². The Kier molecular flexibility index (Phi) is 4.42. The minimum atomic E-state index is -0.0854. The van der Waals surface area contributed by atoms with Gasteiger partial charge in [-0.05, 0) is 27.6 Å². The molecule has 0 radical (unpaired) electrons. The number of halogens is 2. The summed E-state index contributed by atoms with van der Waals surface area (Å²) in [5.74, 6) is 0. The van der Waals surface area contributed by atoms with Crippen molar-refractivity contribution in [1.29, 1.82) is 0 Å². The first-order valence-electron chi connectivity index (χ1n) is 5.33. The van der Waals surface area contributed by atoms with Crippen molar-refractivity contribution < 1.29 is 4.74 Å². The van der Waals surface area contributed by atoms with E-state index < -0.39 is 0 Å². The van der Waals surface area contributed by atoms with Crippen molar-refractivity contribution in [2.75, 3.05) is 7.11 Å². The summed E-state index contributed by atoms with van der Waals surface area (Å²) in [5.41, 5.74) is 1.70. The predicted octanol–water partition coefficient (Wildman–Crippen LogP) is 2.90. The number of nitrogens with zero attached hydrogens (tertiary/aromatic N) is 1. The summed E-state index contributed by atoms with van der Waals surface area (Å²) in [6.45, 7) is 0.862. The molecule has 0 amide bonds. The highest BCUT2D eigenvalue weighted by molar-refractivity contribution is 9.10. The van der Waals surface area contributed by atoms with Crippen LogP contribution >= 0.6 is 31.9 Å². The number of aromatic amines is 1. The van der Waals surface area contributed by atoms with Gasteiger partial charge in [0.1, 0.15) is 4.47 Å². The van der Waals surface area contributed by atoms with Crippen LogP contribution in [-0.2, 0) is 17.9 Å². The van der Waals surface area contributed by atoms with Crippen molar-refractivity contribution in [3.63, 3.8) is 0 Å². The fourth-order valence-electron chi connectivity index (χ4n) is 1.66. The number of H-pyrrole nitrogens is 1. The zero-order valence-electron chi connectivity index (χ0n) is 9.74. The van der Waals surface area contributed by atoms with E-state index in [0.29, 0.717) is 17.6 Å². The van der Waals surface area contributed by atoms with E-state index in [4.69, 9.17) is 4.74 Å². The summed E-state index contributed by atoms with van der Waals surface area (Å²) in [7, 11) is 1.59. The lowest BCUT2D eigenvalue weighted by Gasteiger charge is -2.04. The lowest BCUT2D eigenvalue weighted by atomic mass is 10.2. The summed E-state index contributed by atoms with van der Waals surface area (Å²) in [6.07, 6.45) is 0. The Morgan fingerprint density at radius 3 is 2.72 bits per heavy atom. The zero-order valence-corrected chi connectivity index (χ0v) is 12.9. The van der Waals surface area contributed by atoms with Gasteiger partial charge in [0.05, 0.1) is 18.8 Å². The van der Waals surface area contributed by atoms with Crippen LogP contribution in [0.5, 0.6) is 0 Å². The smallest absolute Gasteiger partial charge is 0.281 e. The first kappa shape index (κ1) is 13.6. The van der Waals surface area contributed by atoms with Crippen LogP contribution in [0.4, 0.5) is 0 Å². The summed E-state index contributed by atoms with van der Waals surface area (Å²) in [4.78, 5) is 12.0. The van der Waals surface area contributed by atoms with Crippen molar-refractivity contribution in [3.8, 4) is 0 Å². The van der Waals surface area contributed by atoms with Crippen LogP contribution in [0, 0.1) is 0 Å². The molecule has 1 aromatic heterocycles.